The zero-order valence-electron chi connectivity index (χ0n) is 11.9. The molecule has 114 valence electrons. The average Bonchev–Trinajstić information content (AvgIpc) is 2.73. The zero-order chi connectivity index (χ0) is 16.3. The fourth-order valence-corrected chi connectivity index (χ4v) is 2.04. The van der Waals surface area contributed by atoms with Gasteiger partial charge in [-0.3, -0.25) is 4.79 Å². The van der Waals surface area contributed by atoms with Crippen LogP contribution >= 0.6 is 11.6 Å². The SMILES string of the molecule is Cc1nn(C)c(Oc2cc(/C=C/C(=O)O)ccc2Cl)c1C=O. The van der Waals surface area contributed by atoms with E-state index in [0.29, 0.717) is 33.9 Å². The monoisotopic (exact) mass is 320 g/mol. The second-order valence-corrected chi connectivity index (χ2v) is 4.92. The van der Waals surface area contributed by atoms with Crippen molar-refractivity contribution in [2.75, 3.05) is 0 Å². The number of aromatic nitrogens is 2. The predicted octanol–water partition coefficient (Wildman–Crippen LogP) is 3.08. The van der Waals surface area contributed by atoms with Crippen molar-refractivity contribution in [3.05, 3.63) is 46.1 Å². The lowest BCUT2D eigenvalue weighted by Gasteiger charge is -2.09. The summed E-state index contributed by atoms with van der Waals surface area (Å²) >= 11 is 6.08. The summed E-state index contributed by atoms with van der Waals surface area (Å²) in [5.74, 6) is -0.475. The first-order valence-electron chi connectivity index (χ1n) is 6.29. The molecule has 0 saturated heterocycles. The summed E-state index contributed by atoms with van der Waals surface area (Å²) in [6.07, 6.45) is 3.10. The summed E-state index contributed by atoms with van der Waals surface area (Å²) in [5, 5.41) is 13.1. The summed E-state index contributed by atoms with van der Waals surface area (Å²) in [5.41, 5.74) is 1.49. The largest absolute Gasteiger partial charge is 0.478 e. The Balaban J connectivity index is 2.39. The summed E-state index contributed by atoms with van der Waals surface area (Å²) in [6.45, 7) is 1.70. The van der Waals surface area contributed by atoms with Crippen LogP contribution in [0.2, 0.25) is 5.02 Å². The lowest BCUT2D eigenvalue weighted by Crippen LogP contribution is -1.97. The molecule has 0 radical (unpaired) electrons. The van der Waals surface area contributed by atoms with Crippen molar-refractivity contribution < 1.29 is 19.4 Å². The van der Waals surface area contributed by atoms with Crippen LogP contribution in [0.25, 0.3) is 6.08 Å². The van der Waals surface area contributed by atoms with Crippen molar-refractivity contribution >= 4 is 29.9 Å². The van der Waals surface area contributed by atoms with Crippen LogP contribution < -0.4 is 4.74 Å². The van der Waals surface area contributed by atoms with Gasteiger partial charge in [-0.2, -0.15) is 5.10 Å². The number of hydrogen-bond donors (Lipinski definition) is 1. The standard InChI is InChI=1S/C15H13ClN2O4/c1-9-11(8-19)15(18(2)17-9)22-13-7-10(3-5-12(13)16)4-6-14(20)21/h3-8H,1-2H3,(H,20,21)/b6-4+. The van der Waals surface area contributed by atoms with Gasteiger partial charge in [-0.1, -0.05) is 17.7 Å². The van der Waals surface area contributed by atoms with E-state index in [1.165, 1.54) is 10.8 Å². The van der Waals surface area contributed by atoms with Gasteiger partial charge in [-0.05, 0) is 30.7 Å². The Hall–Kier alpha value is -2.60. The molecule has 1 heterocycles. The molecule has 0 spiro atoms. The van der Waals surface area contributed by atoms with Crippen LogP contribution in [0.15, 0.2) is 24.3 Å². The molecule has 2 rings (SSSR count). The second kappa shape index (κ2) is 6.44. The molecule has 1 aromatic heterocycles. The van der Waals surface area contributed by atoms with Gasteiger partial charge in [-0.15, -0.1) is 0 Å². The van der Waals surface area contributed by atoms with Crippen LogP contribution in [-0.4, -0.2) is 27.1 Å². The van der Waals surface area contributed by atoms with Crippen LogP contribution in [0.1, 0.15) is 21.6 Å². The molecule has 0 aliphatic heterocycles. The van der Waals surface area contributed by atoms with E-state index in [1.807, 2.05) is 0 Å². The number of carbonyl (C=O) groups is 2. The normalized spacial score (nSPS) is 10.9. The third-order valence-electron chi connectivity index (χ3n) is 2.91. The Morgan fingerprint density at radius 1 is 1.45 bits per heavy atom. The first kappa shape index (κ1) is 15.8. The maximum atomic E-state index is 11.1. The number of carbonyl (C=O) groups excluding carboxylic acids is 1. The molecular weight excluding hydrogens is 308 g/mol. The quantitative estimate of drug-likeness (QED) is 0.676. The summed E-state index contributed by atoms with van der Waals surface area (Å²) in [7, 11) is 1.65. The molecule has 0 unspecified atom stereocenters. The highest BCUT2D eigenvalue weighted by Gasteiger charge is 2.16. The highest BCUT2D eigenvalue weighted by atomic mass is 35.5. The topological polar surface area (TPSA) is 81.4 Å². The van der Waals surface area contributed by atoms with Crippen LogP contribution in [0, 0.1) is 6.92 Å². The summed E-state index contributed by atoms with van der Waals surface area (Å²) in [4.78, 5) is 21.7. The van der Waals surface area contributed by atoms with E-state index >= 15 is 0 Å². The van der Waals surface area contributed by atoms with Gasteiger partial charge in [0.05, 0.1) is 16.3 Å². The fraction of sp³-hybridized carbons (Fsp3) is 0.133. The molecule has 0 aliphatic rings. The predicted molar refractivity (Wildman–Crippen MR) is 81.5 cm³/mol. The van der Waals surface area contributed by atoms with E-state index in [4.69, 9.17) is 21.4 Å². The van der Waals surface area contributed by atoms with Crippen LogP contribution in [0.4, 0.5) is 0 Å². The highest BCUT2D eigenvalue weighted by molar-refractivity contribution is 6.32. The number of halogens is 1. The van der Waals surface area contributed by atoms with Gasteiger partial charge < -0.3 is 9.84 Å². The molecule has 0 saturated carbocycles. The highest BCUT2D eigenvalue weighted by Crippen LogP contribution is 2.32. The number of nitrogens with zero attached hydrogens (tertiary/aromatic N) is 2. The van der Waals surface area contributed by atoms with Crippen LogP contribution in [0.5, 0.6) is 11.6 Å². The molecule has 0 bridgehead atoms. The number of rotatable bonds is 5. The summed E-state index contributed by atoms with van der Waals surface area (Å²) < 4.78 is 7.13. The lowest BCUT2D eigenvalue weighted by atomic mass is 10.2. The van der Waals surface area contributed by atoms with E-state index in [1.54, 1.807) is 32.2 Å². The minimum absolute atomic E-state index is 0.272. The molecule has 0 amide bonds. The lowest BCUT2D eigenvalue weighted by molar-refractivity contribution is -0.131. The van der Waals surface area contributed by atoms with Gasteiger partial charge in [0.25, 0.3) is 0 Å². The number of carboxylic acids is 1. The third-order valence-corrected chi connectivity index (χ3v) is 3.22. The molecule has 1 aromatic carbocycles. The molecule has 6 nitrogen and oxygen atoms in total. The van der Waals surface area contributed by atoms with Crippen LogP contribution in [0.3, 0.4) is 0 Å². The van der Waals surface area contributed by atoms with Gasteiger partial charge in [0.1, 0.15) is 5.75 Å². The molecule has 2 aromatic rings. The first-order valence-corrected chi connectivity index (χ1v) is 6.67. The van der Waals surface area contributed by atoms with Crippen molar-refractivity contribution in [2.24, 2.45) is 7.05 Å². The van der Waals surface area contributed by atoms with Crippen molar-refractivity contribution in [1.29, 1.82) is 0 Å². The number of hydrogen-bond acceptors (Lipinski definition) is 4. The second-order valence-electron chi connectivity index (χ2n) is 4.51. The van der Waals surface area contributed by atoms with Crippen molar-refractivity contribution in [3.8, 4) is 11.6 Å². The van der Waals surface area contributed by atoms with E-state index in [2.05, 4.69) is 5.10 Å². The Kier molecular flexibility index (Phi) is 4.62. The van der Waals surface area contributed by atoms with Crippen molar-refractivity contribution in [1.82, 2.24) is 9.78 Å². The molecule has 7 heteroatoms. The van der Waals surface area contributed by atoms with Gasteiger partial charge in [0.2, 0.25) is 5.88 Å². The number of aliphatic carboxylic acids is 1. The van der Waals surface area contributed by atoms with Gasteiger partial charge in [-0.25, -0.2) is 9.48 Å². The Morgan fingerprint density at radius 2 is 2.18 bits per heavy atom. The number of aryl methyl sites for hydroxylation is 2. The van der Waals surface area contributed by atoms with Crippen molar-refractivity contribution in [3.63, 3.8) is 0 Å². The molecule has 22 heavy (non-hydrogen) atoms. The molecule has 0 atom stereocenters. The Labute approximate surface area is 131 Å². The Morgan fingerprint density at radius 3 is 2.82 bits per heavy atom. The van der Waals surface area contributed by atoms with E-state index in [0.717, 1.165) is 6.08 Å². The number of aldehydes is 1. The number of carboxylic acid groups (broad SMARTS) is 1. The van der Waals surface area contributed by atoms with E-state index in [-0.39, 0.29) is 5.88 Å². The molecular formula is C15H13ClN2O4. The van der Waals surface area contributed by atoms with Crippen molar-refractivity contribution in [2.45, 2.75) is 6.92 Å². The maximum absolute atomic E-state index is 11.1. The van der Waals surface area contributed by atoms with E-state index in [9.17, 15) is 9.59 Å². The minimum Gasteiger partial charge on any atom is -0.478 e. The van der Waals surface area contributed by atoms with Gasteiger partial charge >= 0.3 is 5.97 Å². The van der Waals surface area contributed by atoms with Crippen LogP contribution in [-0.2, 0) is 11.8 Å². The number of benzene rings is 1. The maximum Gasteiger partial charge on any atom is 0.328 e. The van der Waals surface area contributed by atoms with E-state index < -0.39 is 5.97 Å². The van der Waals surface area contributed by atoms with Gasteiger partial charge in [0.15, 0.2) is 6.29 Å². The molecule has 1 N–H and O–H groups in total. The molecule has 0 fully saturated rings. The molecule has 0 aliphatic carbocycles. The zero-order valence-corrected chi connectivity index (χ0v) is 12.7. The number of ether oxygens (including phenoxy) is 1. The summed E-state index contributed by atoms with van der Waals surface area (Å²) in [6, 6.07) is 4.82. The fourth-order valence-electron chi connectivity index (χ4n) is 1.88. The average molecular weight is 321 g/mol. The first-order chi connectivity index (χ1) is 10.4. The third kappa shape index (κ3) is 3.35. The van der Waals surface area contributed by atoms with Gasteiger partial charge in [0, 0.05) is 13.1 Å². The Bertz CT molecular complexity index is 765. The smallest absolute Gasteiger partial charge is 0.328 e. The minimum atomic E-state index is -1.05.